The molecule has 3 aromatic heterocycles. The van der Waals surface area contributed by atoms with Crippen LogP contribution in [0.1, 0.15) is 0 Å². The van der Waals surface area contributed by atoms with Crippen LogP contribution >= 0.6 is 0 Å². The lowest BCUT2D eigenvalue weighted by Crippen LogP contribution is -1.96. The first kappa shape index (κ1) is 24.4. The molecule has 0 fully saturated rings. The Balaban J connectivity index is 1.34. The molecule has 0 radical (unpaired) electrons. The smallest absolute Gasteiger partial charge is 0.137 e. The van der Waals surface area contributed by atoms with Gasteiger partial charge in [-0.1, -0.05) is 109 Å². The minimum atomic E-state index is 0.896. The lowest BCUT2D eigenvalue weighted by atomic mass is 10.1. The molecule has 0 aliphatic heterocycles. The lowest BCUT2D eigenvalue weighted by molar-refractivity contribution is 0.669. The lowest BCUT2D eigenvalue weighted by Gasteiger charge is -2.11. The summed E-state index contributed by atoms with van der Waals surface area (Å²) in [6, 6.07) is 56.4. The van der Waals surface area contributed by atoms with Gasteiger partial charge in [-0.15, -0.1) is 0 Å². The Labute approximate surface area is 258 Å². The van der Waals surface area contributed by atoms with Crippen molar-refractivity contribution >= 4 is 65.6 Å². The van der Waals surface area contributed by atoms with Crippen LogP contribution in [0.3, 0.4) is 0 Å². The molecule has 0 aliphatic rings. The monoisotopic (exact) mass is 574 g/mol. The number of benzene rings is 7. The van der Waals surface area contributed by atoms with Gasteiger partial charge in [0.2, 0.25) is 0 Å². The van der Waals surface area contributed by atoms with Crippen LogP contribution in [-0.2, 0) is 0 Å². The van der Waals surface area contributed by atoms with Crippen molar-refractivity contribution in [1.29, 1.82) is 0 Å². The van der Waals surface area contributed by atoms with Crippen molar-refractivity contribution in [3.05, 3.63) is 158 Å². The predicted octanol–water partition coefficient (Wildman–Crippen LogP) is 11.4. The van der Waals surface area contributed by atoms with Crippen LogP contribution in [0.25, 0.3) is 88.1 Å². The highest BCUT2D eigenvalue weighted by Crippen LogP contribution is 2.44. The third-order valence-electron chi connectivity index (χ3n) is 9.32. The molecule has 0 unspecified atom stereocenters. The molecular weight excluding hydrogens is 548 g/mol. The highest BCUT2D eigenvalue weighted by atomic mass is 16.3. The largest absolute Gasteiger partial charge is 0.456 e. The van der Waals surface area contributed by atoms with E-state index in [-0.39, 0.29) is 0 Å². The second-order valence-electron chi connectivity index (χ2n) is 11.7. The zero-order valence-electron chi connectivity index (χ0n) is 24.3. The summed E-state index contributed by atoms with van der Waals surface area (Å²) in [6.45, 7) is 0. The van der Waals surface area contributed by atoms with Gasteiger partial charge in [0.1, 0.15) is 11.2 Å². The number of para-hydroxylation sites is 3. The van der Waals surface area contributed by atoms with Crippen molar-refractivity contribution in [3.8, 4) is 22.5 Å². The van der Waals surface area contributed by atoms with Gasteiger partial charge < -0.3 is 13.6 Å². The van der Waals surface area contributed by atoms with Crippen LogP contribution in [0.15, 0.2) is 162 Å². The molecule has 0 saturated heterocycles. The molecule has 0 bridgehead atoms. The van der Waals surface area contributed by atoms with E-state index in [1.807, 2.05) is 6.07 Å². The van der Waals surface area contributed by atoms with Gasteiger partial charge in [-0.25, -0.2) is 0 Å². The minimum Gasteiger partial charge on any atom is -0.456 e. The Morgan fingerprint density at radius 3 is 1.82 bits per heavy atom. The summed E-state index contributed by atoms with van der Waals surface area (Å²) < 4.78 is 11.2. The minimum absolute atomic E-state index is 0.896. The van der Waals surface area contributed by atoms with Crippen LogP contribution < -0.4 is 0 Å². The quantitative estimate of drug-likeness (QED) is 0.206. The molecule has 10 rings (SSSR count). The molecule has 210 valence electrons. The maximum absolute atomic E-state index is 6.36. The van der Waals surface area contributed by atoms with Gasteiger partial charge in [0, 0.05) is 32.6 Å². The van der Waals surface area contributed by atoms with Gasteiger partial charge in [-0.05, 0) is 59.7 Å². The molecule has 0 atom stereocenters. The van der Waals surface area contributed by atoms with E-state index in [9.17, 15) is 0 Å². The number of fused-ring (bicyclic) bond motifs is 10. The van der Waals surface area contributed by atoms with E-state index in [4.69, 9.17) is 4.42 Å². The van der Waals surface area contributed by atoms with E-state index < -0.39 is 0 Å². The van der Waals surface area contributed by atoms with Crippen molar-refractivity contribution < 1.29 is 4.42 Å². The molecule has 7 aromatic carbocycles. The van der Waals surface area contributed by atoms with Crippen LogP contribution in [0.2, 0.25) is 0 Å². The van der Waals surface area contributed by atoms with E-state index in [1.54, 1.807) is 0 Å². The van der Waals surface area contributed by atoms with E-state index in [0.717, 1.165) is 33.3 Å². The standard InChI is InChI=1S/C42H26N2O/c1-2-11-27(12-3-1)28-21-23-29(24-22-28)43-35-17-8-5-14-32(35)41-37(43)26-25-31-30-13-4-7-16-34(30)44(42(31)41)36-18-10-20-39-40(36)33-15-6-9-19-38(33)45-39/h1-26H. The van der Waals surface area contributed by atoms with Crippen molar-refractivity contribution in [2.24, 2.45) is 0 Å². The van der Waals surface area contributed by atoms with Gasteiger partial charge in [-0.3, -0.25) is 0 Å². The van der Waals surface area contributed by atoms with Gasteiger partial charge >= 0.3 is 0 Å². The Morgan fingerprint density at radius 2 is 1.00 bits per heavy atom. The average Bonchev–Trinajstić information content (AvgIpc) is 3.76. The summed E-state index contributed by atoms with van der Waals surface area (Å²) in [5.74, 6) is 0. The van der Waals surface area contributed by atoms with E-state index in [1.165, 1.54) is 54.7 Å². The molecule has 3 heterocycles. The number of aromatic nitrogens is 2. The van der Waals surface area contributed by atoms with E-state index >= 15 is 0 Å². The third-order valence-corrected chi connectivity index (χ3v) is 9.32. The van der Waals surface area contributed by atoms with E-state index in [0.29, 0.717) is 0 Å². The summed E-state index contributed by atoms with van der Waals surface area (Å²) in [5, 5.41) is 7.22. The van der Waals surface area contributed by atoms with Gasteiger partial charge in [0.05, 0.1) is 33.1 Å². The summed E-state index contributed by atoms with van der Waals surface area (Å²) in [4.78, 5) is 0. The average molecular weight is 575 g/mol. The highest BCUT2D eigenvalue weighted by molar-refractivity contribution is 6.27. The number of furan rings is 1. The fourth-order valence-corrected chi connectivity index (χ4v) is 7.41. The van der Waals surface area contributed by atoms with Crippen molar-refractivity contribution in [3.63, 3.8) is 0 Å². The molecule has 3 heteroatoms. The summed E-state index contributed by atoms with van der Waals surface area (Å²) >= 11 is 0. The summed E-state index contributed by atoms with van der Waals surface area (Å²) in [6.07, 6.45) is 0. The maximum atomic E-state index is 6.36. The number of rotatable bonds is 3. The van der Waals surface area contributed by atoms with Gasteiger partial charge in [0.25, 0.3) is 0 Å². The third kappa shape index (κ3) is 3.41. The Morgan fingerprint density at radius 1 is 0.356 bits per heavy atom. The zero-order valence-corrected chi connectivity index (χ0v) is 24.3. The second-order valence-corrected chi connectivity index (χ2v) is 11.7. The SMILES string of the molecule is c1ccc(-c2ccc(-n3c4ccccc4c4c3ccc3c5ccccc5n(-c5cccc6oc7ccccc7c56)c34)cc2)cc1. The Bertz CT molecular complexity index is 2740. The highest BCUT2D eigenvalue weighted by Gasteiger charge is 2.22. The summed E-state index contributed by atoms with van der Waals surface area (Å²) in [7, 11) is 0. The van der Waals surface area contributed by atoms with Crippen LogP contribution in [0.4, 0.5) is 0 Å². The van der Waals surface area contributed by atoms with Crippen LogP contribution in [0.5, 0.6) is 0 Å². The van der Waals surface area contributed by atoms with Crippen LogP contribution in [-0.4, -0.2) is 9.13 Å². The Hall–Kier alpha value is -6.06. The van der Waals surface area contributed by atoms with Crippen molar-refractivity contribution in [2.75, 3.05) is 0 Å². The first-order valence-corrected chi connectivity index (χ1v) is 15.4. The predicted molar refractivity (Wildman–Crippen MR) is 188 cm³/mol. The number of hydrogen-bond acceptors (Lipinski definition) is 1. The second kappa shape index (κ2) is 9.22. The first-order chi connectivity index (χ1) is 22.3. The summed E-state index contributed by atoms with van der Waals surface area (Å²) in [5.41, 5.74) is 11.3. The molecule has 0 spiro atoms. The van der Waals surface area contributed by atoms with Gasteiger partial charge in [0.15, 0.2) is 0 Å². The normalized spacial score (nSPS) is 12.0. The van der Waals surface area contributed by atoms with Crippen LogP contribution in [0, 0.1) is 0 Å². The first-order valence-electron chi connectivity index (χ1n) is 15.4. The topological polar surface area (TPSA) is 23.0 Å². The van der Waals surface area contributed by atoms with Crippen molar-refractivity contribution in [1.82, 2.24) is 9.13 Å². The molecular formula is C42H26N2O. The molecule has 0 N–H and O–H groups in total. The van der Waals surface area contributed by atoms with Crippen molar-refractivity contribution in [2.45, 2.75) is 0 Å². The molecule has 10 aromatic rings. The molecule has 45 heavy (non-hydrogen) atoms. The van der Waals surface area contributed by atoms with E-state index in [2.05, 4.69) is 161 Å². The molecule has 0 aliphatic carbocycles. The molecule has 3 nitrogen and oxygen atoms in total. The fourth-order valence-electron chi connectivity index (χ4n) is 7.41. The number of hydrogen-bond donors (Lipinski definition) is 0. The maximum Gasteiger partial charge on any atom is 0.137 e. The zero-order chi connectivity index (χ0) is 29.5. The number of nitrogens with zero attached hydrogens (tertiary/aromatic N) is 2. The fraction of sp³-hybridized carbons (Fsp3) is 0. The Kier molecular flexibility index (Phi) is 5.00. The molecule has 0 amide bonds. The van der Waals surface area contributed by atoms with Gasteiger partial charge in [-0.2, -0.15) is 0 Å². The molecule has 0 saturated carbocycles.